The number of aliphatic hydroxyl groups is 1. The van der Waals surface area contributed by atoms with Crippen molar-refractivity contribution in [2.45, 2.75) is 70.8 Å². The number of amides is 1. The molecule has 2 aromatic heterocycles. The number of nitrogens with zero attached hydrogens (tertiary/aromatic N) is 1. The van der Waals surface area contributed by atoms with E-state index in [0.29, 0.717) is 23.9 Å². The number of aryl methyl sites for hydroxylation is 2. The fourth-order valence-corrected chi connectivity index (χ4v) is 5.87. The molecule has 4 rings (SSSR count). The first-order valence-corrected chi connectivity index (χ1v) is 11.3. The normalized spacial score (nSPS) is 27.4. The standard InChI is InChI=1S/C22H30N2O3S/c1-14-2-7-19(27-14)8-9-21(26)24-22-23-13-20(28-22)11-15-3-4-17-12-18(25)6-5-16(17)10-15/h2,7,13,15-18,25H,3-6,8-12H2,1H3,(H,23,24,26). The number of hydrogen-bond donors (Lipinski definition) is 2. The number of fused-ring (bicyclic) bond motifs is 1. The highest BCUT2D eigenvalue weighted by Crippen LogP contribution is 2.44. The van der Waals surface area contributed by atoms with Gasteiger partial charge in [0.15, 0.2) is 5.13 Å². The van der Waals surface area contributed by atoms with Gasteiger partial charge in [-0.15, -0.1) is 11.3 Å². The van der Waals surface area contributed by atoms with E-state index in [1.165, 1.54) is 30.6 Å². The zero-order valence-electron chi connectivity index (χ0n) is 16.5. The van der Waals surface area contributed by atoms with E-state index in [1.807, 2.05) is 25.3 Å². The average Bonchev–Trinajstić information content (AvgIpc) is 3.29. The summed E-state index contributed by atoms with van der Waals surface area (Å²) in [5.74, 6) is 3.93. The van der Waals surface area contributed by atoms with Crippen molar-refractivity contribution in [3.8, 4) is 0 Å². The third-order valence-corrected chi connectivity index (χ3v) is 7.31. The molecule has 1 amide bonds. The molecule has 2 aromatic rings. The molecule has 28 heavy (non-hydrogen) atoms. The number of nitrogens with one attached hydrogen (secondary N) is 1. The Bertz CT molecular complexity index is 799. The number of anilines is 1. The quantitative estimate of drug-likeness (QED) is 0.732. The molecule has 0 aliphatic heterocycles. The summed E-state index contributed by atoms with van der Waals surface area (Å²) in [6, 6.07) is 3.84. The van der Waals surface area contributed by atoms with Gasteiger partial charge in [-0.2, -0.15) is 0 Å². The maximum absolute atomic E-state index is 12.2. The van der Waals surface area contributed by atoms with E-state index in [9.17, 15) is 9.90 Å². The molecule has 5 nitrogen and oxygen atoms in total. The molecule has 2 saturated carbocycles. The fourth-order valence-electron chi connectivity index (χ4n) is 4.93. The van der Waals surface area contributed by atoms with Gasteiger partial charge in [-0.25, -0.2) is 4.98 Å². The van der Waals surface area contributed by atoms with Gasteiger partial charge < -0.3 is 14.8 Å². The first-order chi connectivity index (χ1) is 13.5. The Morgan fingerprint density at radius 3 is 2.89 bits per heavy atom. The zero-order valence-corrected chi connectivity index (χ0v) is 17.3. The lowest BCUT2D eigenvalue weighted by molar-refractivity contribution is -0.116. The topological polar surface area (TPSA) is 75.4 Å². The molecular formula is C22H30N2O3S. The molecule has 2 aliphatic rings. The van der Waals surface area contributed by atoms with Crippen molar-refractivity contribution in [2.75, 3.05) is 5.32 Å². The summed E-state index contributed by atoms with van der Waals surface area (Å²) in [6.45, 7) is 1.91. The second kappa shape index (κ2) is 8.78. The Balaban J connectivity index is 1.23. The van der Waals surface area contributed by atoms with E-state index in [1.54, 1.807) is 11.3 Å². The van der Waals surface area contributed by atoms with Gasteiger partial charge in [0.25, 0.3) is 0 Å². The lowest BCUT2D eigenvalue weighted by Gasteiger charge is -2.40. The minimum absolute atomic E-state index is 0.0174. The van der Waals surface area contributed by atoms with Gasteiger partial charge in [0, 0.05) is 23.9 Å². The van der Waals surface area contributed by atoms with Crippen molar-refractivity contribution in [1.82, 2.24) is 4.98 Å². The van der Waals surface area contributed by atoms with Gasteiger partial charge in [0.1, 0.15) is 11.5 Å². The molecule has 4 unspecified atom stereocenters. The molecular weight excluding hydrogens is 372 g/mol. The van der Waals surface area contributed by atoms with Gasteiger partial charge in [-0.3, -0.25) is 4.79 Å². The van der Waals surface area contributed by atoms with Crippen LogP contribution in [-0.4, -0.2) is 22.1 Å². The summed E-state index contributed by atoms with van der Waals surface area (Å²) in [5.41, 5.74) is 0. The van der Waals surface area contributed by atoms with Crippen LogP contribution in [0, 0.1) is 24.7 Å². The van der Waals surface area contributed by atoms with Gasteiger partial charge in [-0.05, 0) is 81.8 Å². The SMILES string of the molecule is Cc1ccc(CCC(=O)Nc2ncc(CC3CCC4CC(O)CCC4C3)s2)o1. The number of thiazole rings is 1. The Morgan fingerprint density at radius 2 is 2.07 bits per heavy atom. The van der Waals surface area contributed by atoms with E-state index >= 15 is 0 Å². The van der Waals surface area contributed by atoms with Crippen LogP contribution in [0.1, 0.15) is 61.3 Å². The van der Waals surface area contributed by atoms with E-state index in [-0.39, 0.29) is 12.0 Å². The summed E-state index contributed by atoms with van der Waals surface area (Å²) in [6.07, 6.45) is 10.9. The second-order valence-corrected chi connectivity index (χ2v) is 9.68. The van der Waals surface area contributed by atoms with Crippen LogP contribution in [0.3, 0.4) is 0 Å². The summed E-state index contributed by atoms with van der Waals surface area (Å²) in [4.78, 5) is 17.8. The number of furan rings is 1. The highest BCUT2D eigenvalue weighted by Gasteiger charge is 2.35. The molecule has 0 aromatic carbocycles. The second-order valence-electron chi connectivity index (χ2n) is 8.56. The summed E-state index contributed by atoms with van der Waals surface area (Å²) in [7, 11) is 0. The molecule has 2 aliphatic carbocycles. The Morgan fingerprint density at radius 1 is 1.25 bits per heavy atom. The monoisotopic (exact) mass is 402 g/mol. The van der Waals surface area contributed by atoms with Gasteiger partial charge >= 0.3 is 0 Å². The van der Waals surface area contributed by atoms with Crippen LogP contribution >= 0.6 is 11.3 Å². The van der Waals surface area contributed by atoms with Crippen molar-refractivity contribution in [2.24, 2.45) is 17.8 Å². The van der Waals surface area contributed by atoms with E-state index < -0.39 is 0 Å². The maximum Gasteiger partial charge on any atom is 0.226 e. The van der Waals surface area contributed by atoms with Gasteiger partial charge in [-0.1, -0.05) is 0 Å². The summed E-state index contributed by atoms with van der Waals surface area (Å²) < 4.78 is 5.51. The van der Waals surface area contributed by atoms with Crippen LogP contribution in [0.15, 0.2) is 22.7 Å². The molecule has 0 saturated heterocycles. The molecule has 152 valence electrons. The number of aromatic nitrogens is 1. The molecule has 0 spiro atoms. The number of rotatable bonds is 6. The van der Waals surface area contributed by atoms with Crippen LogP contribution in [0.25, 0.3) is 0 Å². The predicted molar refractivity (Wildman–Crippen MR) is 110 cm³/mol. The first-order valence-electron chi connectivity index (χ1n) is 10.5. The van der Waals surface area contributed by atoms with Crippen molar-refractivity contribution in [3.05, 3.63) is 34.7 Å². The number of aliphatic hydroxyl groups excluding tert-OH is 1. The minimum Gasteiger partial charge on any atom is -0.466 e. The Kier molecular flexibility index (Phi) is 6.16. The van der Waals surface area contributed by atoms with Crippen LogP contribution in [0.2, 0.25) is 0 Å². The number of carbonyl (C=O) groups excluding carboxylic acids is 1. The molecule has 2 heterocycles. The Hall–Kier alpha value is -1.66. The van der Waals surface area contributed by atoms with E-state index in [0.717, 1.165) is 42.6 Å². The smallest absolute Gasteiger partial charge is 0.226 e. The van der Waals surface area contributed by atoms with Crippen LogP contribution in [0.4, 0.5) is 5.13 Å². The zero-order chi connectivity index (χ0) is 19.5. The van der Waals surface area contributed by atoms with Gasteiger partial charge in [0.05, 0.1) is 6.10 Å². The first kappa shape index (κ1) is 19.6. The average molecular weight is 403 g/mol. The molecule has 0 bridgehead atoms. The lowest BCUT2D eigenvalue weighted by Crippen LogP contribution is -2.33. The highest BCUT2D eigenvalue weighted by atomic mass is 32.1. The summed E-state index contributed by atoms with van der Waals surface area (Å²) in [5, 5.41) is 13.5. The highest BCUT2D eigenvalue weighted by molar-refractivity contribution is 7.15. The fraction of sp³-hybridized carbons (Fsp3) is 0.636. The predicted octanol–water partition coefficient (Wildman–Crippen LogP) is 4.74. The molecule has 2 N–H and O–H groups in total. The van der Waals surface area contributed by atoms with Crippen molar-refractivity contribution < 1.29 is 14.3 Å². The van der Waals surface area contributed by atoms with Crippen LogP contribution in [0.5, 0.6) is 0 Å². The molecule has 2 fully saturated rings. The van der Waals surface area contributed by atoms with Crippen molar-refractivity contribution in [3.63, 3.8) is 0 Å². The third-order valence-electron chi connectivity index (χ3n) is 6.38. The number of hydrogen-bond acceptors (Lipinski definition) is 5. The number of carbonyl (C=O) groups is 1. The van der Waals surface area contributed by atoms with Crippen LogP contribution < -0.4 is 5.32 Å². The molecule has 4 atom stereocenters. The van der Waals surface area contributed by atoms with Gasteiger partial charge in [0.2, 0.25) is 5.91 Å². The molecule has 6 heteroatoms. The van der Waals surface area contributed by atoms with Crippen molar-refractivity contribution >= 4 is 22.4 Å². The van der Waals surface area contributed by atoms with Crippen LogP contribution in [-0.2, 0) is 17.6 Å². The largest absolute Gasteiger partial charge is 0.466 e. The minimum atomic E-state index is -0.0673. The third kappa shape index (κ3) is 5.03. The lowest BCUT2D eigenvalue weighted by atomic mass is 9.66. The van der Waals surface area contributed by atoms with E-state index in [4.69, 9.17) is 4.42 Å². The Labute approximate surface area is 170 Å². The van der Waals surface area contributed by atoms with E-state index in [2.05, 4.69) is 10.3 Å². The maximum atomic E-state index is 12.2. The van der Waals surface area contributed by atoms with Crippen molar-refractivity contribution in [1.29, 1.82) is 0 Å². The summed E-state index contributed by atoms with van der Waals surface area (Å²) >= 11 is 1.60. The molecule has 0 radical (unpaired) electrons.